The van der Waals surface area contributed by atoms with Gasteiger partial charge in [0, 0.05) is 32.4 Å². The Bertz CT molecular complexity index is 520. The van der Waals surface area contributed by atoms with Crippen LogP contribution < -0.4 is 10.2 Å². The highest BCUT2D eigenvalue weighted by atomic mass is 15.3. The van der Waals surface area contributed by atoms with Crippen molar-refractivity contribution in [1.29, 1.82) is 0 Å². The maximum Gasteiger partial charge on any atom is 0.0753 e. The van der Waals surface area contributed by atoms with Gasteiger partial charge in [0.2, 0.25) is 0 Å². The molecule has 4 nitrogen and oxygen atoms in total. The Balaban J connectivity index is 1.80. The fourth-order valence-corrected chi connectivity index (χ4v) is 2.64. The lowest BCUT2D eigenvalue weighted by molar-refractivity contribution is 0.570. The first-order valence-electron chi connectivity index (χ1n) is 6.85. The van der Waals surface area contributed by atoms with Crippen molar-refractivity contribution in [1.82, 2.24) is 15.1 Å². The van der Waals surface area contributed by atoms with Crippen LogP contribution in [0.1, 0.15) is 18.0 Å². The standard InChI is InChI=1S/C15H20N4/c1-18-11-14(10-17-18)19-9-5-8-16-15(12-19)13-6-3-2-4-7-13/h2-4,6-7,10-11,15-16H,5,8-9,12H2,1H3. The lowest BCUT2D eigenvalue weighted by atomic mass is 10.1. The Hall–Kier alpha value is -1.81. The number of aromatic nitrogens is 2. The van der Waals surface area contributed by atoms with E-state index in [1.807, 2.05) is 17.9 Å². The molecule has 19 heavy (non-hydrogen) atoms. The molecule has 100 valence electrons. The highest BCUT2D eigenvalue weighted by Crippen LogP contribution is 2.21. The molecule has 1 fully saturated rings. The minimum atomic E-state index is 0.393. The van der Waals surface area contributed by atoms with Crippen molar-refractivity contribution in [3.8, 4) is 0 Å². The summed E-state index contributed by atoms with van der Waals surface area (Å²) in [6, 6.07) is 11.1. The highest BCUT2D eigenvalue weighted by Gasteiger charge is 2.19. The van der Waals surface area contributed by atoms with Gasteiger partial charge >= 0.3 is 0 Å². The Kier molecular flexibility index (Phi) is 3.51. The van der Waals surface area contributed by atoms with Crippen LogP contribution in [0.4, 0.5) is 5.69 Å². The third kappa shape index (κ3) is 2.79. The summed E-state index contributed by atoms with van der Waals surface area (Å²) in [4.78, 5) is 2.42. The lowest BCUT2D eigenvalue weighted by Gasteiger charge is -2.25. The van der Waals surface area contributed by atoms with Gasteiger partial charge in [-0.05, 0) is 18.5 Å². The summed E-state index contributed by atoms with van der Waals surface area (Å²) in [5.74, 6) is 0. The minimum absolute atomic E-state index is 0.393. The van der Waals surface area contributed by atoms with E-state index in [-0.39, 0.29) is 0 Å². The molecule has 2 heterocycles. The predicted octanol–water partition coefficient (Wildman–Crippen LogP) is 1.96. The predicted molar refractivity (Wildman–Crippen MR) is 77.2 cm³/mol. The highest BCUT2D eigenvalue weighted by molar-refractivity contribution is 5.43. The monoisotopic (exact) mass is 256 g/mol. The molecule has 0 radical (unpaired) electrons. The molecule has 0 aliphatic carbocycles. The molecule has 1 aromatic carbocycles. The molecule has 3 rings (SSSR count). The molecule has 0 bridgehead atoms. The van der Waals surface area contributed by atoms with Gasteiger partial charge in [0.15, 0.2) is 0 Å². The van der Waals surface area contributed by atoms with Gasteiger partial charge in [0.05, 0.1) is 11.9 Å². The molecule has 0 spiro atoms. The maximum atomic E-state index is 4.27. The number of aryl methyl sites for hydroxylation is 1. The van der Waals surface area contributed by atoms with Crippen molar-refractivity contribution in [3.63, 3.8) is 0 Å². The van der Waals surface area contributed by atoms with Gasteiger partial charge in [0.1, 0.15) is 0 Å². The minimum Gasteiger partial charge on any atom is -0.367 e. The van der Waals surface area contributed by atoms with Crippen LogP contribution in [0, 0.1) is 0 Å². The quantitative estimate of drug-likeness (QED) is 0.891. The third-order valence-electron chi connectivity index (χ3n) is 3.66. The van der Waals surface area contributed by atoms with Crippen molar-refractivity contribution in [3.05, 3.63) is 48.3 Å². The zero-order valence-electron chi connectivity index (χ0n) is 11.3. The maximum absolute atomic E-state index is 4.27. The van der Waals surface area contributed by atoms with E-state index >= 15 is 0 Å². The molecular weight excluding hydrogens is 236 g/mol. The van der Waals surface area contributed by atoms with Gasteiger partial charge in [0.25, 0.3) is 0 Å². The molecule has 1 saturated heterocycles. The van der Waals surface area contributed by atoms with Gasteiger partial charge in [-0.2, -0.15) is 5.10 Å². The number of rotatable bonds is 2. The summed E-state index contributed by atoms with van der Waals surface area (Å²) in [5.41, 5.74) is 2.57. The van der Waals surface area contributed by atoms with Crippen LogP contribution in [-0.2, 0) is 7.05 Å². The van der Waals surface area contributed by atoms with Crippen LogP contribution in [0.15, 0.2) is 42.7 Å². The van der Waals surface area contributed by atoms with Crippen molar-refractivity contribution < 1.29 is 0 Å². The number of hydrogen-bond acceptors (Lipinski definition) is 3. The molecule has 2 aromatic rings. The SMILES string of the molecule is Cn1cc(N2CCCNC(c3ccccc3)C2)cn1. The normalized spacial score (nSPS) is 20.3. The van der Waals surface area contributed by atoms with E-state index < -0.39 is 0 Å². The summed E-state index contributed by atoms with van der Waals surface area (Å²) in [7, 11) is 1.97. The zero-order chi connectivity index (χ0) is 13.1. The van der Waals surface area contributed by atoms with Gasteiger partial charge in [-0.25, -0.2) is 0 Å². The van der Waals surface area contributed by atoms with Gasteiger partial charge < -0.3 is 10.2 Å². The summed E-state index contributed by atoms with van der Waals surface area (Å²) >= 11 is 0. The molecule has 1 unspecified atom stereocenters. The van der Waals surface area contributed by atoms with E-state index in [1.54, 1.807) is 0 Å². The Morgan fingerprint density at radius 3 is 2.84 bits per heavy atom. The number of benzene rings is 1. The number of anilines is 1. The smallest absolute Gasteiger partial charge is 0.0753 e. The fraction of sp³-hybridized carbons (Fsp3) is 0.400. The zero-order valence-corrected chi connectivity index (χ0v) is 11.3. The Morgan fingerprint density at radius 2 is 2.11 bits per heavy atom. The number of nitrogens with one attached hydrogen (secondary N) is 1. The van der Waals surface area contributed by atoms with Crippen molar-refractivity contribution >= 4 is 5.69 Å². The van der Waals surface area contributed by atoms with E-state index in [2.05, 4.69) is 51.8 Å². The Morgan fingerprint density at radius 1 is 1.26 bits per heavy atom. The third-order valence-corrected chi connectivity index (χ3v) is 3.66. The molecule has 0 saturated carbocycles. The van der Waals surface area contributed by atoms with Gasteiger partial charge in [-0.15, -0.1) is 0 Å². The second-order valence-electron chi connectivity index (χ2n) is 5.09. The van der Waals surface area contributed by atoms with Crippen LogP contribution in [0.25, 0.3) is 0 Å². The molecule has 1 atom stereocenters. The topological polar surface area (TPSA) is 33.1 Å². The number of hydrogen-bond donors (Lipinski definition) is 1. The average molecular weight is 256 g/mol. The first-order chi connectivity index (χ1) is 9.33. The lowest BCUT2D eigenvalue weighted by Crippen LogP contribution is -2.31. The largest absolute Gasteiger partial charge is 0.367 e. The van der Waals surface area contributed by atoms with Crippen LogP contribution in [0.2, 0.25) is 0 Å². The Labute approximate surface area is 114 Å². The second-order valence-corrected chi connectivity index (χ2v) is 5.09. The molecule has 0 amide bonds. The summed E-state index contributed by atoms with van der Waals surface area (Å²) in [6.07, 6.45) is 5.21. The van der Waals surface area contributed by atoms with Gasteiger partial charge in [-0.3, -0.25) is 4.68 Å². The van der Waals surface area contributed by atoms with Crippen molar-refractivity contribution in [2.24, 2.45) is 7.05 Å². The van der Waals surface area contributed by atoms with Crippen molar-refractivity contribution in [2.75, 3.05) is 24.5 Å². The molecule has 1 aromatic heterocycles. The number of nitrogens with zero attached hydrogens (tertiary/aromatic N) is 3. The molecule has 1 aliphatic heterocycles. The van der Waals surface area contributed by atoms with E-state index in [4.69, 9.17) is 0 Å². The van der Waals surface area contributed by atoms with Crippen LogP contribution in [0.5, 0.6) is 0 Å². The molecular formula is C15H20N4. The summed E-state index contributed by atoms with van der Waals surface area (Å²) in [6.45, 7) is 3.15. The molecule has 4 heteroatoms. The van der Waals surface area contributed by atoms with Crippen LogP contribution in [-0.4, -0.2) is 29.4 Å². The molecule has 1 aliphatic rings. The van der Waals surface area contributed by atoms with E-state index in [0.29, 0.717) is 6.04 Å². The summed E-state index contributed by atoms with van der Waals surface area (Å²) in [5, 5.41) is 7.91. The first kappa shape index (κ1) is 12.2. The second kappa shape index (κ2) is 5.45. The summed E-state index contributed by atoms with van der Waals surface area (Å²) < 4.78 is 1.87. The van der Waals surface area contributed by atoms with Gasteiger partial charge in [-0.1, -0.05) is 30.3 Å². The first-order valence-corrected chi connectivity index (χ1v) is 6.85. The van der Waals surface area contributed by atoms with E-state index in [1.165, 1.54) is 11.3 Å². The fourth-order valence-electron chi connectivity index (χ4n) is 2.64. The average Bonchev–Trinajstić information content (AvgIpc) is 2.74. The van der Waals surface area contributed by atoms with E-state index in [0.717, 1.165) is 26.1 Å². The van der Waals surface area contributed by atoms with Crippen LogP contribution in [0.3, 0.4) is 0 Å². The molecule has 1 N–H and O–H groups in total. The van der Waals surface area contributed by atoms with Crippen molar-refractivity contribution in [2.45, 2.75) is 12.5 Å². The van der Waals surface area contributed by atoms with E-state index in [9.17, 15) is 0 Å². The van der Waals surface area contributed by atoms with Crippen LogP contribution >= 0.6 is 0 Å².